The van der Waals surface area contributed by atoms with Crippen molar-refractivity contribution in [2.75, 3.05) is 7.11 Å². The maximum absolute atomic E-state index is 9.40. The van der Waals surface area contributed by atoms with Crippen molar-refractivity contribution in [3.63, 3.8) is 0 Å². The van der Waals surface area contributed by atoms with Gasteiger partial charge in [0.05, 0.1) is 13.2 Å². The third-order valence-corrected chi connectivity index (χ3v) is 2.56. The fraction of sp³-hybridized carbons (Fsp3) is 0.500. The van der Waals surface area contributed by atoms with Crippen LogP contribution in [0.1, 0.15) is 19.4 Å². The van der Waals surface area contributed by atoms with E-state index in [-0.39, 0.29) is 12.0 Å². The molecule has 14 heavy (non-hydrogen) atoms. The molecule has 0 amide bonds. The first-order valence-corrected chi connectivity index (χ1v) is 4.95. The summed E-state index contributed by atoms with van der Waals surface area (Å²) >= 11 is 0. The van der Waals surface area contributed by atoms with Crippen LogP contribution in [-0.4, -0.2) is 18.3 Å². The first kappa shape index (κ1) is 11.1. The van der Waals surface area contributed by atoms with Gasteiger partial charge in [0.1, 0.15) is 5.75 Å². The Labute approximate surface area is 85.5 Å². The molecule has 0 aliphatic heterocycles. The summed E-state index contributed by atoms with van der Waals surface area (Å²) in [5.74, 6) is 1.16. The third kappa shape index (κ3) is 2.74. The SMILES string of the molecule is COc1ccccc1C[C@@H](C)[C@@H](C)O. The largest absolute Gasteiger partial charge is 0.496 e. The Morgan fingerprint density at radius 1 is 1.29 bits per heavy atom. The van der Waals surface area contributed by atoms with Crippen molar-refractivity contribution >= 4 is 0 Å². The molecular weight excluding hydrogens is 176 g/mol. The standard InChI is InChI=1S/C12H18O2/c1-9(10(2)13)8-11-6-4-5-7-12(11)14-3/h4-7,9-10,13H,8H2,1-3H3/t9-,10-/m1/s1. The maximum Gasteiger partial charge on any atom is 0.122 e. The number of para-hydroxylation sites is 1. The van der Waals surface area contributed by atoms with E-state index in [2.05, 4.69) is 0 Å². The van der Waals surface area contributed by atoms with Crippen LogP contribution in [0.15, 0.2) is 24.3 Å². The van der Waals surface area contributed by atoms with E-state index < -0.39 is 0 Å². The topological polar surface area (TPSA) is 29.5 Å². The van der Waals surface area contributed by atoms with E-state index in [1.54, 1.807) is 7.11 Å². The van der Waals surface area contributed by atoms with Gasteiger partial charge in [0.15, 0.2) is 0 Å². The Kier molecular flexibility index (Phi) is 3.96. The zero-order chi connectivity index (χ0) is 10.6. The minimum absolute atomic E-state index is 0.256. The molecule has 0 aliphatic rings. The van der Waals surface area contributed by atoms with Crippen LogP contribution in [0.2, 0.25) is 0 Å². The summed E-state index contributed by atoms with van der Waals surface area (Å²) < 4.78 is 5.24. The van der Waals surface area contributed by atoms with Gasteiger partial charge in [-0.05, 0) is 30.9 Å². The molecule has 0 heterocycles. The quantitative estimate of drug-likeness (QED) is 0.796. The number of aliphatic hydroxyl groups is 1. The average Bonchev–Trinajstić information content (AvgIpc) is 2.18. The van der Waals surface area contributed by atoms with Crippen LogP contribution >= 0.6 is 0 Å². The Hall–Kier alpha value is -1.02. The molecule has 0 fully saturated rings. The monoisotopic (exact) mass is 194 g/mol. The van der Waals surface area contributed by atoms with Crippen molar-refractivity contribution < 1.29 is 9.84 Å². The maximum atomic E-state index is 9.40. The summed E-state index contributed by atoms with van der Waals surface area (Å²) in [7, 11) is 1.67. The molecule has 0 bridgehead atoms. The van der Waals surface area contributed by atoms with Crippen LogP contribution < -0.4 is 4.74 Å². The van der Waals surface area contributed by atoms with Crippen LogP contribution in [0.4, 0.5) is 0 Å². The molecule has 0 radical (unpaired) electrons. The normalized spacial score (nSPS) is 14.9. The van der Waals surface area contributed by atoms with Crippen molar-refractivity contribution in [2.45, 2.75) is 26.4 Å². The lowest BCUT2D eigenvalue weighted by Crippen LogP contribution is -2.15. The third-order valence-electron chi connectivity index (χ3n) is 2.56. The molecule has 1 aromatic rings. The van der Waals surface area contributed by atoms with Crippen LogP contribution in [0.25, 0.3) is 0 Å². The second-order valence-electron chi connectivity index (χ2n) is 3.73. The van der Waals surface area contributed by atoms with Gasteiger partial charge in [-0.1, -0.05) is 25.1 Å². The number of hydrogen-bond acceptors (Lipinski definition) is 2. The zero-order valence-corrected chi connectivity index (χ0v) is 9.03. The lowest BCUT2D eigenvalue weighted by Gasteiger charge is -2.16. The molecule has 1 N–H and O–H groups in total. The van der Waals surface area contributed by atoms with Crippen molar-refractivity contribution in [1.29, 1.82) is 0 Å². The smallest absolute Gasteiger partial charge is 0.122 e. The molecule has 0 saturated heterocycles. The minimum Gasteiger partial charge on any atom is -0.496 e. The van der Waals surface area contributed by atoms with E-state index >= 15 is 0 Å². The summed E-state index contributed by atoms with van der Waals surface area (Å²) in [5.41, 5.74) is 1.16. The molecule has 0 saturated carbocycles. The lowest BCUT2D eigenvalue weighted by atomic mass is 9.96. The molecule has 2 heteroatoms. The molecule has 1 aromatic carbocycles. The van der Waals surface area contributed by atoms with Crippen molar-refractivity contribution in [3.05, 3.63) is 29.8 Å². The minimum atomic E-state index is -0.278. The van der Waals surface area contributed by atoms with Gasteiger partial charge in [0.2, 0.25) is 0 Å². The van der Waals surface area contributed by atoms with Crippen molar-refractivity contribution in [3.8, 4) is 5.75 Å². The van der Waals surface area contributed by atoms with Gasteiger partial charge in [-0.2, -0.15) is 0 Å². The number of benzene rings is 1. The van der Waals surface area contributed by atoms with E-state index in [1.807, 2.05) is 38.1 Å². The van der Waals surface area contributed by atoms with Crippen molar-refractivity contribution in [1.82, 2.24) is 0 Å². The van der Waals surface area contributed by atoms with Gasteiger partial charge in [0.25, 0.3) is 0 Å². The summed E-state index contributed by atoms with van der Waals surface area (Å²) in [6, 6.07) is 7.93. The molecule has 2 nitrogen and oxygen atoms in total. The van der Waals surface area contributed by atoms with E-state index in [9.17, 15) is 5.11 Å². The van der Waals surface area contributed by atoms with E-state index in [1.165, 1.54) is 0 Å². The lowest BCUT2D eigenvalue weighted by molar-refractivity contribution is 0.135. The Morgan fingerprint density at radius 2 is 1.93 bits per heavy atom. The average molecular weight is 194 g/mol. The number of methoxy groups -OCH3 is 1. The highest BCUT2D eigenvalue weighted by molar-refractivity contribution is 5.33. The molecule has 0 spiro atoms. The molecule has 78 valence electrons. The number of ether oxygens (including phenoxy) is 1. The van der Waals surface area contributed by atoms with E-state index in [0.717, 1.165) is 17.7 Å². The summed E-state index contributed by atoms with van der Waals surface area (Å²) in [6.07, 6.45) is 0.571. The fourth-order valence-electron chi connectivity index (χ4n) is 1.39. The molecule has 0 unspecified atom stereocenters. The van der Waals surface area contributed by atoms with Crippen LogP contribution in [0, 0.1) is 5.92 Å². The molecule has 0 aliphatic carbocycles. The highest BCUT2D eigenvalue weighted by Gasteiger charge is 2.11. The van der Waals surface area contributed by atoms with Crippen LogP contribution in [0.3, 0.4) is 0 Å². The predicted octanol–water partition coefficient (Wildman–Crippen LogP) is 2.25. The Balaban J connectivity index is 2.75. The summed E-state index contributed by atoms with van der Waals surface area (Å²) in [6.45, 7) is 3.86. The summed E-state index contributed by atoms with van der Waals surface area (Å²) in [4.78, 5) is 0. The van der Waals surface area contributed by atoms with Crippen LogP contribution in [0.5, 0.6) is 5.75 Å². The van der Waals surface area contributed by atoms with Gasteiger partial charge in [-0.15, -0.1) is 0 Å². The first-order chi connectivity index (χ1) is 6.65. The Bertz CT molecular complexity index is 281. The van der Waals surface area contributed by atoms with Gasteiger partial charge in [0, 0.05) is 0 Å². The van der Waals surface area contributed by atoms with E-state index in [4.69, 9.17) is 4.74 Å². The molecular formula is C12H18O2. The number of rotatable bonds is 4. The van der Waals surface area contributed by atoms with Gasteiger partial charge in [-0.3, -0.25) is 0 Å². The van der Waals surface area contributed by atoms with Gasteiger partial charge < -0.3 is 9.84 Å². The zero-order valence-electron chi connectivity index (χ0n) is 9.03. The van der Waals surface area contributed by atoms with Crippen molar-refractivity contribution in [2.24, 2.45) is 5.92 Å². The fourth-order valence-corrected chi connectivity index (χ4v) is 1.39. The summed E-state index contributed by atoms with van der Waals surface area (Å²) in [5, 5.41) is 9.40. The first-order valence-electron chi connectivity index (χ1n) is 4.95. The predicted molar refractivity (Wildman–Crippen MR) is 57.5 cm³/mol. The highest BCUT2D eigenvalue weighted by Crippen LogP contribution is 2.21. The van der Waals surface area contributed by atoms with Gasteiger partial charge in [-0.25, -0.2) is 0 Å². The molecule has 2 atom stereocenters. The van der Waals surface area contributed by atoms with Gasteiger partial charge >= 0.3 is 0 Å². The molecule has 1 rings (SSSR count). The molecule has 0 aromatic heterocycles. The van der Waals surface area contributed by atoms with E-state index in [0.29, 0.717) is 0 Å². The van der Waals surface area contributed by atoms with Crippen LogP contribution in [-0.2, 0) is 6.42 Å². The number of hydrogen-bond donors (Lipinski definition) is 1. The second-order valence-corrected chi connectivity index (χ2v) is 3.73. The number of aliphatic hydroxyl groups excluding tert-OH is 1. The highest BCUT2D eigenvalue weighted by atomic mass is 16.5. The second kappa shape index (κ2) is 5.01. The Morgan fingerprint density at radius 3 is 2.50 bits per heavy atom.